The van der Waals surface area contributed by atoms with Crippen LogP contribution in [-0.4, -0.2) is 21.0 Å². The van der Waals surface area contributed by atoms with Gasteiger partial charge in [-0.3, -0.25) is 10.1 Å². The zero-order valence-corrected chi connectivity index (χ0v) is 12.2. The molecule has 2 rings (SSSR count). The number of nitrogens with one attached hydrogen (secondary N) is 1. The average Bonchev–Trinajstić information content (AvgIpc) is 2.45. The SMILES string of the molecule is O=C(O)c1ccc(CNc2cc(Br)ccc2[N+](=O)[O-])cn1. The van der Waals surface area contributed by atoms with Crippen molar-refractivity contribution in [2.75, 3.05) is 5.32 Å². The standard InChI is InChI=1S/C13H10BrN3O4/c14-9-2-4-12(17(20)21)11(5-9)16-7-8-1-3-10(13(18)19)15-6-8/h1-6,16H,7H2,(H,18,19). The lowest BCUT2D eigenvalue weighted by Crippen LogP contribution is -2.05. The molecule has 1 aromatic heterocycles. The number of halogens is 1. The third kappa shape index (κ3) is 3.76. The Hall–Kier alpha value is -2.48. The molecule has 0 aliphatic carbocycles. The van der Waals surface area contributed by atoms with Crippen molar-refractivity contribution in [1.82, 2.24) is 4.98 Å². The summed E-state index contributed by atoms with van der Waals surface area (Å²) in [5.74, 6) is -1.10. The Balaban J connectivity index is 2.14. The lowest BCUT2D eigenvalue weighted by Gasteiger charge is -2.07. The van der Waals surface area contributed by atoms with Crippen molar-refractivity contribution in [1.29, 1.82) is 0 Å². The predicted molar refractivity (Wildman–Crippen MR) is 79.3 cm³/mol. The normalized spacial score (nSPS) is 10.1. The van der Waals surface area contributed by atoms with E-state index in [1.807, 2.05) is 0 Å². The van der Waals surface area contributed by atoms with E-state index in [9.17, 15) is 14.9 Å². The second-order valence-corrected chi connectivity index (χ2v) is 5.04. The van der Waals surface area contributed by atoms with Gasteiger partial charge in [0.15, 0.2) is 0 Å². The Morgan fingerprint density at radius 3 is 2.71 bits per heavy atom. The summed E-state index contributed by atoms with van der Waals surface area (Å²) in [4.78, 5) is 24.9. The minimum absolute atomic E-state index is 0.0340. The first-order chi connectivity index (χ1) is 9.97. The smallest absolute Gasteiger partial charge is 0.354 e. The van der Waals surface area contributed by atoms with Gasteiger partial charge in [-0.15, -0.1) is 0 Å². The third-order valence-corrected chi connectivity index (χ3v) is 3.18. The first kappa shape index (κ1) is 14.9. The van der Waals surface area contributed by atoms with Gasteiger partial charge in [-0.05, 0) is 23.8 Å². The molecule has 0 aliphatic heterocycles. The van der Waals surface area contributed by atoms with E-state index in [-0.39, 0.29) is 11.4 Å². The number of rotatable bonds is 5. The maximum atomic E-state index is 10.9. The summed E-state index contributed by atoms with van der Waals surface area (Å²) in [6.45, 7) is 0.296. The summed E-state index contributed by atoms with van der Waals surface area (Å²) in [6.07, 6.45) is 1.42. The second-order valence-electron chi connectivity index (χ2n) is 4.13. The van der Waals surface area contributed by atoms with Crippen LogP contribution in [0.1, 0.15) is 16.1 Å². The fourth-order valence-electron chi connectivity index (χ4n) is 1.66. The minimum Gasteiger partial charge on any atom is -0.477 e. The highest BCUT2D eigenvalue weighted by atomic mass is 79.9. The Morgan fingerprint density at radius 1 is 1.38 bits per heavy atom. The molecule has 21 heavy (non-hydrogen) atoms. The summed E-state index contributed by atoms with van der Waals surface area (Å²) in [6, 6.07) is 7.59. The number of hydrogen-bond donors (Lipinski definition) is 2. The zero-order chi connectivity index (χ0) is 15.4. The van der Waals surface area contributed by atoms with Crippen molar-refractivity contribution in [2.45, 2.75) is 6.54 Å². The van der Waals surface area contributed by atoms with E-state index in [1.165, 1.54) is 18.3 Å². The zero-order valence-electron chi connectivity index (χ0n) is 10.6. The molecule has 0 bridgehead atoms. The van der Waals surface area contributed by atoms with Crippen molar-refractivity contribution < 1.29 is 14.8 Å². The van der Waals surface area contributed by atoms with Crippen LogP contribution in [0.3, 0.4) is 0 Å². The number of carboxylic acid groups (broad SMARTS) is 1. The fraction of sp³-hybridized carbons (Fsp3) is 0.0769. The van der Waals surface area contributed by atoms with Gasteiger partial charge in [0.05, 0.1) is 4.92 Å². The molecule has 1 aromatic carbocycles. The van der Waals surface area contributed by atoms with Gasteiger partial charge in [0.2, 0.25) is 0 Å². The molecule has 0 fully saturated rings. The molecule has 2 aromatic rings. The molecule has 0 radical (unpaired) electrons. The van der Waals surface area contributed by atoms with Crippen LogP contribution in [0.5, 0.6) is 0 Å². The number of benzene rings is 1. The second kappa shape index (κ2) is 6.31. The van der Waals surface area contributed by atoms with Crippen molar-refractivity contribution in [3.8, 4) is 0 Å². The number of nitro benzene ring substituents is 1. The van der Waals surface area contributed by atoms with Gasteiger partial charge < -0.3 is 10.4 Å². The summed E-state index contributed by atoms with van der Waals surface area (Å²) >= 11 is 3.26. The summed E-state index contributed by atoms with van der Waals surface area (Å²) in [7, 11) is 0. The highest BCUT2D eigenvalue weighted by Gasteiger charge is 2.13. The number of carboxylic acids is 1. The molecule has 0 atom stereocenters. The Kier molecular flexibility index (Phi) is 4.49. The van der Waals surface area contributed by atoms with Gasteiger partial charge >= 0.3 is 5.97 Å². The molecule has 108 valence electrons. The number of nitrogens with zero attached hydrogens (tertiary/aromatic N) is 2. The van der Waals surface area contributed by atoms with Gasteiger partial charge in [0, 0.05) is 23.3 Å². The van der Waals surface area contributed by atoms with E-state index in [2.05, 4.69) is 26.2 Å². The molecule has 0 saturated carbocycles. The van der Waals surface area contributed by atoms with Crippen LogP contribution in [-0.2, 0) is 6.54 Å². The lowest BCUT2D eigenvalue weighted by atomic mass is 10.2. The van der Waals surface area contributed by atoms with Crippen molar-refractivity contribution >= 4 is 33.3 Å². The maximum absolute atomic E-state index is 10.9. The number of nitro groups is 1. The molecular formula is C13H10BrN3O4. The first-order valence-corrected chi connectivity index (χ1v) is 6.62. The number of pyridine rings is 1. The topological polar surface area (TPSA) is 105 Å². The lowest BCUT2D eigenvalue weighted by molar-refractivity contribution is -0.384. The Bertz CT molecular complexity index is 688. The van der Waals surface area contributed by atoms with Crippen LogP contribution in [0.2, 0.25) is 0 Å². The van der Waals surface area contributed by atoms with Crippen LogP contribution in [0.15, 0.2) is 41.0 Å². The van der Waals surface area contributed by atoms with Crippen LogP contribution in [0.4, 0.5) is 11.4 Å². The quantitative estimate of drug-likeness (QED) is 0.633. The molecule has 1 heterocycles. The van der Waals surface area contributed by atoms with E-state index in [1.54, 1.807) is 18.2 Å². The minimum atomic E-state index is -1.10. The van der Waals surface area contributed by atoms with Crippen molar-refractivity contribution in [3.63, 3.8) is 0 Å². The Morgan fingerprint density at radius 2 is 2.14 bits per heavy atom. The highest BCUT2D eigenvalue weighted by Crippen LogP contribution is 2.28. The van der Waals surface area contributed by atoms with E-state index in [0.717, 1.165) is 4.47 Å². The van der Waals surface area contributed by atoms with Crippen molar-refractivity contribution in [2.24, 2.45) is 0 Å². The molecule has 0 spiro atoms. The van der Waals surface area contributed by atoms with Gasteiger partial charge in [-0.25, -0.2) is 9.78 Å². The monoisotopic (exact) mass is 351 g/mol. The maximum Gasteiger partial charge on any atom is 0.354 e. The molecule has 2 N–H and O–H groups in total. The van der Waals surface area contributed by atoms with Crippen molar-refractivity contribution in [3.05, 3.63) is 62.4 Å². The molecule has 8 heteroatoms. The molecule has 0 saturated heterocycles. The average molecular weight is 352 g/mol. The first-order valence-electron chi connectivity index (χ1n) is 5.83. The van der Waals surface area contributed by atoms with Gasteiger partial charge in [0.1, 0.15) is 11.4 Å². The van der Waals surface area contributed by atoms with Crippen LogP contribution < -0.4 is 5.32 Å². The number of anilines is 1. The van der Waals surface area contributed by atoms with Crippen LogP contribution in [0, 0.1) is 10.1 Å². The van der Waals surface area contributed by atoms with Crippen LogP contribution >= 0.6 is 15.9 Å². The van der Waals surface area contributed by atoms with Gasteiger partial charge in [-0.1, -0.05) is 22.0 Å². The van der Waals surface area contributed by atoms with Gasteiger partial charge in [-0.2, -0.15) is 0 Å². The molecule has 0 amide bonds. The molecule has 0 aliphatic rings. The summed E-state index contributed by atoms with van der Waals surface area (Å²) in [5.41, 5.74) is 1.01. The number of aromatic nitrogens is 1. The largest absolute Gasteiger partial charge is 0.477 e. The summed E-state index contributed by atoms with van der Waals surface area (Å²) < 4.78 is 0.718. The fourth-order valence-corrected chi connectivity index (χ4v) is 2.02. The number of carbonyl (C=O) groups is 1. The predicted octanol–water partition coefficient (Wildman–Crippen LogP) is 3.06. The summed E-state index contributed by atoms with van der Waals surface area (Å²) in [5, 5.41) is 22.6. The molecule has 7 nitrogen and oxygen atoms in total. The number of aromatic carboxylic acids is 1. The van der Waals surface area contributed by atoms with E-state index >= 15 is 0 Å². The molecular weight excluding hydrogens is 342 g/mol. The highest BCUT2D eigenvalue weighted by molar-refractivity contribution is 9.10. The van der Waals surface area contributed by atoms with E-state index < -0.39 is 10.9 Å². The van der Waals surface area contributed by atoms with Crippen LogP contribution in [0.25, 0.3) is 0 Å². The number of hydrogen-bond acceptors (Lipinski definition) is 5. The van der Waals surface area contributed by atoms with Gasteiger partial charge in [0.25, 0.3) is 5.69 Å². The third-order valence-electron chi connectivity index (χ3n) is 2.68. The van der Waals surface area contributed by atoms with E-state index in [4.69, 9.17) is 5.11 Å². The Labute approximate surface area is 127 Å². The molecule has 0 unspecified atom stereocenters. The van der Waals surface area contributed by atoms with E-state index in [0.29, 0.717) is 17.8 Å².